The number of nitrogen functional groups attached to an aromatic ring is 1. The molecule has 0 aromatic heterocycles. The van der Waals surface area contributed by atoms with E-state index in [2.05, 4.69) is 0 Å². The largest absolute Gasteiger partial charge is 0.394 e. The Hall–Kier alpha value is -2.22. The summed E-state index contributed by atoms with van der Waals surface area (Å²) >= 11 is 0. The van der Waals surface area contributed by atoms with Crippen molar-refractivity contribution < 1.29 is 21.6 Å². The van der Waals surface area contributed by atoms with Crippen molar-refractivity contribution in [1.82, 2.24) is 0 Å². The maximum absolute atomic E-state index is 13.7. The molecule has 2 aromatic carbocycles. The third kappa shape index (κ3) is 2.94. The first-order chi connectivity index (χ1) is 9.72. The van der Waals surface area contributed by atoms with Gasteiger partial charge in [-0.15, -0.1) is 0 Å². The molecule has 4 nitrogen and oxygen atoms in total. The Balaban J connectivity index is 2.46. The molecule has 112 valence electrons. The van der Waals surface area contributed by atoms with Gasteiger partial charge >= 0.3 is 0 Å². The zero-order chi connectivity index (χ0) is 15.8. The van der Waals surface area contributed by atoms with Crippen LogP contribution in [0.5, 0.6) is 0 Å². The SMILES string of the molecule is Cc1ccc(NS(=O)(=O)c2ccc(F)c(N)c2F)c(F)c1. The number of halogens is 3. The summed E-state index contributed by atoms with van der Waals surface area (Å²) in [5.41, 5.74) is 4.44. The van der Waals surface area contributed by atoms with E-state index in [4.69, 9.17) is 5.73 Å². The van der Waals surface area contributed by atoms with Gasteiger partial charge in [-0.05, 0) is 36.8 Å². The predicted octanol–water partition coefficient (Wildman–Crippen LogP) is 2.80. The van der Waals surface area contributed by atoms with Crippen molar-refractivity contribution in [2.45, 2.75) is 11.8 Å². The molecule has 2 rings (SSSR count). The Bertz CT molecular complexity index is 807. The Morgan fingerprint density at radius 2 is 1.71 bits per heavy atom. The number of hydrogen-bond donors (Lipinski definition) is 2. The maximum atomic E-state index is 13.7. The Morgan fingerprint density at radius 1 is 1.05 bits per heavy atom. The van der Waals surface area contributed by atoms with E-state index >= 15 is 0 Å². The third-order valence-electron chi connectivity index (χ3n) is 2.75. The van der Waals surface area contributed by atoms with Crippen LogP contribution in [-0.4, -0.2) is 8.42 Å². The van der Waals surface area contributed by atoms with Crippen LogP contribution in [0.2, 0.25) is 0 Å². The number of nitrogens with one attached hydrogen (secondary N) is 1. The topological polar surface area (TPSA) is 72.2 Å². The van der Waals surface area contributed by atoms with Crippen molar-refractivity contribution >= 4 is 21.4 Å². The molecule has 0 saturated carbocycles. The smallest absolute Gasteiger partial charge is 0.264 e. The molecular weight excluding hydrogens is 305 g/mol. The highest BCUT2D eigenvalue weighted by Crippen LogP contribution is 2.25. The number of benzene rings is 2. The van der Waals surface area contributed by atoms with Crippen molar-refractivity contribution in [1.29, 1.82) is 0 Å². The first-order valence-electron chi connectivity index (χ1n) is 5.75. The third-order valence-corrected chi connectivity index (χ3v) is 4.13. The number of sulfonamides is 1. The molecule has 0 heterocycles. The molecule has 3 N–H and O–H groups in total. The summed E-state index contributed by atoms with van der Waals surface area (Å²) in [7, 11) is -4.43. The molecule has 0 radical (unpaired) electrons. The molecule has 21 heavy (non-hydrogen) atoms. The van der Waals surface area contributed by atoms with E-state index in [9.17, 15) is 21.6 Å². The van der Waals surface area contributed by atoms with Crippen LogP contribution >= 0.6 is 0 Å². The molecule has 0 fully saturated rings. The molecule has 0 aliphatic carbocycles. The highest BCUT2D eigenvalue weighted by molar-refractivity contribution is 7.92. The van der Waals surface area contributed by atoms with Crippen molar-refractivity contribution in [3.05, 3.63) is 53.3 Å². The molecule has 8 heteroatoms. The predicted molar refractivity (Wildman–Crippen MR) is 72.7 cm³/mol. The molecule has 2 aromatic rings. The summed E-state index contributed by atoms with van der Waals surface area (Å²) in [5, 5.41) is 0. The van der Waals surface area contributed by atoms with E-state index in [1.54, 1.807) is 6.92 Å². The van der Waals surface area contributed by atoms with Crippen molar-refractivity contribution in [3.8, 4) is 0 Å². The monoisotopic (exact) mass is 316 g/mol. The molecule has 0 aliphatic heterocycles. The van der Waals surface area contributed by atoms with Crippen LogP contribution in [0.25, 0.3) is 0 Å². The summed E-state index contributed by atoms with van der Waals surface area (Å²) in [6, 6.07) is 5.24. The van der Waals surface area contributed by atoms with E-state index in [-0.39, 0.29) is 5.69 Å². The van der Waals surface area contributed by atoms with Crippen LogP contribution in [0.4, 0.5) is 24.5 Å². The minimum Gasteiger partial charge on any atom is -0.394 e. The zero-order valence-corrected chi connectivity index (χ0v) is 11.6. The van der Waals surface area contributed by atoms with Gasteiger partial charge in [0.25, 0.3) is 10.0 Å². The zero-order valence-electron chi connectivity index (χ0n) is 10.8. The van der Waals surface area contributed by atoms with Gasteiger partial charge in [0, 0.05) is 0 Å². The van der Waals surface area contributed by atoms with E-state index in [0.717, 1.165) is 18.2 Å². The Labute approximate surface area is 119 Å². The Morgan fingerprint density at radius 3 is 2.33 bits per heavy atom. The molecule has 0 amide bonds. The fraction of sp³-hybridized carbons (Fsp3) is 0.0769. The van der Waals surface area contributed by atoms with Crippen LogP contribution < -0.4 is 10.5 Å². The molecule has 0 bridgehead atoms. The Kier molecular flexibility index (Phi) is 3.82. The summed E-state index contributed by atoms with van der Waals surface area (Å²) in [5.74, 6) is -3.31. The lowest BCUT2D eigenvalue weighted by molar-refractivity contribution is 0.556. The highest BCUT2D eigenvalue weighted by Gasteiger charge is 2.23. The van der Waals surface area contributed by atoms with Gasteiger partial charge in [0.15, 0.2) is 5.82 Å². The van der Waals surface area contributed by atoms with Gasteiger partial charge in [-0.2, -0.15) is 0 Å². The van der Waals surface area contributed by atoms with E-state index in [1.807, 2.05) is 4.72 Å². The van der Waals surface area contributed by atoms with Gasteiger partial charge in [-0.1, -0.05) is 6.07 Å². The van der Waals surface area contributed by atoms with Crippen LogP contribution in [0.15, 0.2) is 35.2 Å². The molecule has 0 saturated heterocycles. The van der Waals surface area contributed by atoms with Gasteiger partial charge < -0.3 is 5.73 Å². The summed E-state index contributed by atoms with van der Waals surface area (Å²) in [6.45, 7) is 1.63. The fourth-order valence-electron chi connectivity index (χ4n) is 1.66. The lowest BCUT2D eigenvalue weighted by atomic mass is 10.2. The van der Waals surface area contributed by atoms with Crippen molar-refractivity contribution in [2.75, 3.05) is 10.5 Å². The molecule has 0 spiro atoms. The summed E-state index contributed by atoms with van der Waals surface area (Å²) in [6.07, 6.45) is 0. The van der Waals surface area contributed by atoms with E-state index in [0.29, 0.717) is 5.56 Å². The molecule has 0 atom stereocenters. The standard InChI is InChI=1S/C13H11F3N2O2S/c1-7-2-4-10(9(15)6-7)18-21(19,20)11-5-3-8(14)13(17)12(11)16/h2-6,18H,17H2,1H3. The van der Waals surface area contributed by atoms with Gasteiger partial charge in [0.1, 0.15) is 22.2 Å². The quantitative estimate of drug-likeness (QED) is 0.855. The summed E-state index contributed by atoms with van der Waals surface area (Å²) < 4.78 is 66.4. The van der Waals surface area contributed by atoms with Crippen LogP contribution in [0.3, 0.4) is 0 Å². The first kappa shape index (κ1) is 15.2. The lowest BCUT2D eigenvalue weighted by Gasteiger charge is -2.11. The average Bonchev–Trinajstić information content (AvgIpc) is 2.39. The van der Waals surface area contributed by atoms with Crippen molar-refractivity contribution in [3.63, 3.8) is 0 Å². The number of nitrogens with two attached hydrogens (primary N) is 1. The van der Waals surface area contributed by atoms with E-state index in [1.165, 1.54) is 12.1 Å². The first-order valence-corrected chi connectivity index (χ1v) is 7.23. The average molecular weight is 316 g/mol. The van der Waals surface area contributed by atoms with Gasteiger partial charge in [-0.25, -0.2) is 21.6 Å². The molecule has 0 unspecified atom stereocenters. The summed E-state index contributed by atoms with van der Waals surface area (Å²) in [4.78, 5) is -0.860. The normalized spacial score (nSPS) is 11.4. The lowest BCUT2D eigenvalue weighted by Crippen LogP contribution is -2.16. The van der Waals surface area contributed by atoms with Gasteiger partial charge in [-0.3, -0.25) is 4.72 Å². The van der Waals surface area contributed by atoms with Gasteiger partial charge in [0.2, 0.25) is 0 Å². The van der Waals surface area contributed by atoms with Crippen LogP contribution in [0, 0.1) is 24.4 Å². The molecule has 0 aliphatic rings. The second kappa shape index (κ2) is 5.28. The highest BCUT2D eigenvalue weighted by atomic mass is 32.2. The molecular formula is C13H11F3N2O2S. The number of hydrogen-bond acceptors (Lipinski definition) is 3. The fourth-order valence-corrected chi connectivity index (χ4v) is 2.82. The number of anilines is 2. The van der Waals surface area contributed by atoms with Crippen LogP contribution in [0.1, 0.15) is 5.56 Å². The minimum absolute atomic E-state index is 0.345. The maximum Gasteiger partial charge on any atom is 0.264 e. The van der Waals surface area contributed by atoms with E-state index < -0.39 is 38.1 Å². The number of rotatable bonds is 3. The second-order valence-corrected chi connectivity index (χ2v) is 6.01. The second-order valence-electron chi connectivity index (χ2n) is 4.36. The van der Waals surface area contributed by atoms with Gasteiger partial charge in [0.05, 0.1) is 5.69 Å². The van der Waals surface area contributed by atoms with Crippen molar-refractivity contribution in [2.24, 2.45) is 0 Å². The van der Waals surface area contributed by atoms with Crippen LogP contribution in [-0.2, 0) is 10.0 Å². The minimum atomic E-state index is -4.43. The number of aryl methyl sites for hydroxylation is 1.